The first-order chi connectivity index (χ1) is 11.4. The van der Waals surface area contributed by atoms with E-state index in [2.05, 4.69) is 27.7 Å². The third-order valence-corrected chi connectivity index (χ3v) is 4.15. The lowest BCUT2D eigenvalue weighted by atomic mass is 9.81. The van der Waals surface area contributed by atoms with Gasteiger partial charge in [0.2, 0.25) is 0 Å². The van der Waals surface area contributed by atoms with Crippen LogP contribution in [0.3, 0.4) is 0 Å². The van der Waals surface area contributed by atoms with E-state index in [4.69, 9.17) is 4.74 Å². The number of phenols is 1. The molecule has 1 unspecified atom stereocenters. The van der Waals surface area contributed by atoms with Gasteiger partial charge < -0.3 is 9.84 Å². The largest absolute Gasteiger partial charge is 0.507 e. The molecule has 0 aliphatic heterocycles. The molecule has 0 fully saturated rings. The lowest BCUT2D eigenvalue weighted by molar-refractivity contribution is 0.0731. The van der Waals surface area contributed by atoms with E-state index in [0.717, 1.165) is 12.0 Å². The molecule has 128 valence electrons. The zero-order chi connectivity index (χ0) is 17.7. The Morgan fingerprint density at radius 3 is 2.29 bits per heavy atom. The molecule has 3 nitrogen and oxygen atoms in total. The van der Waals surface area contributed by atoms with E-state index < -0.39 is 5.97 Å². The zero-order valence-corrected chi connectivity index (χ0v) is 14.8. The topological polar surface area (TPSA) is 46.5 Å². The third kappa shape index (κ3) is 4.60. The minimum atomic E-state index is -0.535. The number of esters is 1. The number of benzene rings is 2. The van der Waals surface area contributed by atoms with E-state index >= 15 is 0 Å². The predicted octanol–water partition coefficient (Wildman–Crippen LogP) is 5.40. The summed E-state index contributed by atoms with van der Waals surface area (Å²) in [5.41, 5.74) is 1.28. The van der Waals surface area contributed by atoms with Gasteiger partial charge in [-0.25, -0.2) is 4.79 Å². The summed E-state index contributed by atoms with van der Waals surface area (Å²) in [7, 11) is 0. The summed E-state index contributed by atoms with van der Waals surface area (Å²) in [6.45, 7) is 8.75. The molecule has 0 amide bonds. The van der Waals surface area contributed by atoms with Crippen molar-refractivity contribution in [3.63, 3.8) is 0 Å². The van der Waals surface area contributed by atoms with Crippen LogP contribution in [0, 0.1) is 11.8 Å². The first-order valence-electron chi connectivity index (χ1n) is 8.48. The molecule has 0 heterocycles. The fraction of sp³-hybridized carbons (Fsp3) is 0.381. The number of phenolic OH excluding ortho intramolecular Hbond substituents is 1. The summed E-state index contributed by atoms with van der Waals surface area (Å²) >= 11 is 0. The second-order valence-corrected chi connectivity index (χ2v) is 6.96. The van der Waals surface area contributed by atoms with Crippen LogP contribution in [0.15, 0.2) is 48.5 Å². The maximum atomic E-state index is 12.4. The van der Waals surface area contributed by atoms with Gasteiger partial charge in [-0.2, -0.15) is 0 Å². The van der Waals surface area contributed by atoms with Crippen LogP contribution >= 0.6 is 0 Å². The maximum absolute atomic E-state index is 12.4. The Bertz CT molecular complexity index is 675. The molecule has 0 saturated heterocycles. The number of rotatable bonds is 6. The highest BCUT2D eigenvalue weighted by molar-refractivity contribution is 5.94. The Labute approximate surface area is 144 Å². The number of carbonyl (C=O) groups is 1. The SMILES string of the molecule is CC(C)CC(c1ccc(O)c(C(=O)Oc2ccccc2)c1)C(C)C. The van der Waals surface area contributed by atoms with Gasteiger partial charge in [0.1, 0.15) is 17.1 Å². The summed E-state index contributed by atoms with van der Waals surface area (Å²) in [5.74, 6) is 1.24. The maximum Gasteiger partial charge on any atom is 0.347 e. The number of carbonyl (C=O) groups excluding carboxylic acids is 1. The van der Waals surface area contributed by atoms with Crippen molar-refractivity contribution in [2.45, 2.75) is 40.0 Å². The van der Waals surface area contributed by atoms with Crippen molar-refractivity contribution in [2.75, 3.05) is 0 Å². The van der Waals surface area contributed by atoms with Gasteiger partial charge in [-0.3, -0.25) is 0 Å². The molecule has 2 aromatic rings. The van der Waals surface area contributed by atoms with Crippen molar-refractivity contribution in [3.8, 4) is 11.5 Å². The van der Waals surface area contributed by atoms with Gasteiger partial charge in [0, 0.05) is 0 Å². The van der Waals surface area contributed by atoms with E-state index in [1.165, 1.54) is 0 Å². The van der Waals surface area contributed by atoms with Crippen molar-refractivity contribution < 1.29 is 14.6 Å². The van der Waals surface area contributed by atoms with Crippen LogP contribution in [0.5, 0.6) is 11.5 Å². The normalized spacial score (nSPS) is 12.4. The van der Waals surface area contributed by atoms with Crippen LogP contribution in [0.2, 0.25) is 0 Å². The number of ether oxygens (including phenoxy) is 1. The highest BCUT2D eigenvalue weighted by atomic mass is 16.5. The predicted molar refractivity (Wildman–Crippen MR) is 96.5 cm³/mol. The number of aromatic hydroxyl groups is 1. The van der Waals surface area contributed by atoms with Gasteiger partial charge in [0.15, 0.2) is 0 Å². The van der Waals surface area contributed by atoms with Crippen molar-refractivity contribution in [2.24, 2.45) is 11.8 Å². The van der Waals surface area contributed by atoms with Gasteiger partial charge in [0.25, 0.3) is 0 Å². The Balaban J connectivity index is 2.28. The van der Waals surface area contributed by atoms with E-state index in [1.54, 1.807) is 36.4 Å². The minimum absolute atomic E-state index is 0.0493. The second-order valence-electron chi connectivity index (χ2n) is 6.96. The van der Waals surface area contributed by atoms with Crippen molar-refractivity contribution in [1.82, 2.24) is 0 Å². The first kappa shape index (κ1) is 18.1. The lowest BCUT2D eigenvalue weighted by Crippen LogP contribution is -2.13. The van der Waals surface area contributed by atoms with Crippen LogP contribution < -0.4 is 4.74 Å². The molecule has 0 bridgehead atoms. The van der Waals surface area contributed by atoms with Crippen LogP contribution in [0.4, 0.5) is 0 Å². The first-order valence-corrected chi connectivity index (χ1v) is 8.48. The second kappa shape index (κ2) is 8.00. The molecular formula is C21H26O3. The van der Waals surface area contributed by atoms with Gasteiger partial charge in [-0.05, 0) is 54.0 Å². The van der Waals surface area contributed by atoms with Gasteiger partial charge >= 0.3 is 5.97 Å². The molecule has 3 heteroatoms. The fourth-order valence-corrected chi connectivity index (χ4v) is 2.90. The zero-order valence-electron chi connectivity index (χ0n) is 14.8. The molecule has 0 saturated carbocycles. The third-order valence-electron chi connectivity index (χ3n) is 4.15. The minimum Gasteiger partial charge on any atom is -0.507 e. The molecular weight excluding hydrogens is 300 g/mol. The average molecular weight is 326 g/mol. The van der Waals surface area contributed by atoms with Gasteiger partial charge in [-0.15, -0.1) is 0 Å². The van der Waals surface area contributed by atoms with Crippen LogP contribution in [-0.4, -0.2) is 11.1 Å². The van der Waals surface area contributed by atoms with Crippen LogP contribution in [0.1, 0.15) is 56.0 Å². The van der Waals surface area contributed by atoms with E-state index in [9.17, 15) is 9.90 Å². The molecule has 0 aromatic heterocycles. The summed E-state index contributed by atoms with van der Waals surface area (Å²) in [6.07, 6.45) is 1.04. The quantitative estimate of drug-likeness (QED) is 0.571. The Kier molecular flexibility index (Phi) is 6.02. The summed E-state index contributed by atoms with van der Waals surface area (Å²) in [4.78, 5) is 12.4. The number of hydrogen-bond donors (Lipinski definition) is 1. The smallest absolute Gasteiger partial charge is 0.347 e. The van der Waals surface area contributed by atoms with E-state index in [-0.39, 0.29) is 11.3 Å². The highest BCUT2D eigenvalue weighted by Gasteiger charge is 2.21. The molecule has 0 aliphatic carbocycles. The monoisotopic (exact) mass is 326 g/mol. The van der Waals surface area contributed by atoms with E-state index in [0.29, 0.717) is 23.5 Å². The molecule has 1 N–H and O–H groups in total. The average Bonchev–Trinajstić information content (AvgIpc) is 2.53. The fourth-order valence-electron chi connectivity index (χ4n) is 2.90. The summed E-state index contributed by atoms with van der Waals surface area (Å²) in [5, 5.41) is 10.1. The molecule has 24 heavy (non-hydrogen) atoms. The van der Waals surface area contributed by atoms with Crippen molar-refractivity contribution >= 4 is 5.97 Å². The van der Waals surface area contributed by atoms with Crippen LogP contribution in [-0.2, 0) is 0 Å². The van der Waals surface area contributed by atoms with E-state index in [1.807, 2.05) is 12.1 Å². The number of para-hydroxylation sites is 1. The lowest BCUT2D eigenvalue weighted by Gasteiger charge is -2.24. The molecule has 0 aliphatic rings. The Morgan fingerprint density at radius 1 is 1.04 bits per heavy atom. The Hall–Kier alpha value is -2.29. The molecule has 2 rings (SSSR count). The summed E-state index contributed by atoms with van der Waals surface area (Å²) in [6, 6.07) is 14.2. The molecule has 1 atom stereocenters. The highest BCUT2D eigenvalue weighted by Crippen LogP contribution is 2.33. The van der Waals surface area contributed by atoms with Gasteiger partial charge in [-0.1, -0.05) is 52.0 Å². The number of hydrogen-bond acceptors (Lipinski definition) is 3. The molecule has 2 aromatic carbocycles. The summed E-state index contributed by atoms with van der Waals surface area (Å²) < 4.78 is 5.36. The van der Waals surface area contributed by atoms with Crippen molar-refractivity contribution in [3.05, 3.63) is 59.7 Å². The van der Waals surface area contributed by atoms with Crippen molar-refractivity contribution in [1.29, 1.82) is 0 Å². The molecule has 0 spiro atoms. The molecule has 0 radical (unpaired) electrons. The van der Waals surface area contributed by atoms with Gasteiger partial charge in [0.05, 0.1) is 0 Å². The standard InChI is InChI=1S/C21H26O3/c1-14(2)12-18(15(3)4)16-10-11-20(22)19(13-16)21(23)24-17-8-6-5-7-9-17/h5-11,13-15,18,22H,12H2,1-4H3. The Morgan fingerprint density at radius 2 is 1.71 bits per heavy atom. The van der Waals surface area contributed by atoms with Crippen LogP contribution in [0.25, 0.3) is 0 Å².